The number of halogens is 3. The van der Waals surface area contributed by atoms with Gasteiger partial charge in [-0.05, 0) is 28.9 Å². The maximum absolute atomic E-state index is 13.5. The zero-order chi connectivity index (χ0) is 15.0. The highest BCUT2D eigenvalue weighted by Gasteiger charge is 2.32. The van der Waals surface area contributed by atoms with Crippen LogP contribution in [0.2, 0.25) is 0 Å². The van der Waals surface area contributed by atoms with Crippen molar-refractivity contribution >= 4 is 31.9 Å². The summed E-state index contributed by atoms with van der Waals surface area (Å²) in [5, 5.41) is 8.76. The average Bonchev–Trinajstić information content (AvgIpc) is 2.31. The molecule has 0 aliphatic carbocycles. The molecule has 0 aliphatic rings. The van der Waals surface area contributed by atoms with Crippen LogP contribution in [0, 0.1) is 11.6 Å². The molecular formula is C10H10BrF2NO4S. The van der Waals surface area contributed by atoms with Crippen LogP contribution in [-0.4, -0.2) is 36.9 Å². The van der Waals surface area contributed by atoms with Crippen molar-refractivity contribution in [3.63, 3.8) is 0 Å². The minimum atomic E-state index is -4.37. The van der Waals surface area contributed by atoms with Crippen LogP contribution in [0.15, 0.2) is 21.5 Å². The molecule has 1 aromatic carbocycles. The van der Waals surface area contributed by atoms with Crippen molar-refractivity contribution in [3.8, 4) is 0 Å². The van der Waals surface area contributed by atoms with Crippen molar-refractivity contribution in [1.29, 1.82) is 0 Å². The number of nitrogens with zero attached hydrogens (tertiary/aromatic N) is 1. The fourth-order valence-electron chi connectivity index (χ4n) is 1.22. The van der Waals surface area contributed by atoms with Crippen LogP contribution in [0.25, 0.3) is 0 Å². The van der Waals surface area contributed by atoms with Gasteiger partial charge >= 0.3 is 5.97 Å². The molecule has 0 saturated heterocycles. The number of likely N-dealkylation sites (N-methyl/N-ethyl adjacent to an activating group) is 1. The van der Waals surface area contributed by atoms with Gasteiger partial charge < -0.3 is 5.11 Å². The third-order valence-corrected chi connectivity index (χ3v) is 5.09. The first kappa shape index (κ1) is 16.0. The van der Waals surface area contributed by atoms with E-state index in [4.69, 9.17) is 5.11 Å². The number of hydrogen-bond acceptors (Lipinski definition) is 3. The molecule has 0 bridgehead atoms. The SMILES string of the molecule is CC(C(=O)O)N(C)S(=O)(=O)c1cc(Br)c(F)cc1F. The Bertz CT molecular complexity index is 620. The summed E-state index contributed by atoms with van der Waals surface area (Å²) in [6, 6.07) is -0.213. The standard InChI is InChI=1S/C10H10BrF2NO4S/c1-5(10(15)16)14(2)19(17,18)9-3-6(11)7(12)4-8(9)13/h3-5H,1-2H3,(H,15,16). The molecule has 9 heteroatoms. The van der Waals surface area contributed by atoms with Crippen LogP contribution >= 0.6 is 15.9 Å². The summed E-state index contributed by atoms with van der Waals surface area (Å²) in [6.45, 7) is 1.14. The summed E-state index contributed by atoms with van der Waals surface area (Å²) in [7, 11) is -3.37. The first-order valence-electron chi connectivity index (χ1n) is 4.94. The fraction of sp³-hybridized carbons (Fsp3) is 0.300. The normalized spacial score (nSPS) is 13.6. The maximum atomic E-state index is 13.5. The number of aliphatic carboxylic acids is 1. The third kappa shape index (κ3) is 3.10. The van der Waals surface area contributed by atoms with Gasteiger partial charge in [0, 0.05) is 13.1 Å². The molecule has 0 spiro atoms. The Hall–Kier alpha value is -1.06. The van der Waals surface area contributed by atoms with Crippen LogP contribution in [0.4, 0.5) is 8.78 Å². The molecule has 1 aromatic rings. The summed E-state index contributed by atoms with van der Waals surface area (Å²) in [5.41, 5.74) is 0. The Kier molecular flexibility index (Phi) is 4.64. The topological polar surface area (TPSA) is 74.7 Å². The number of carbonyl (C=O) groups is 1. The Morgan fingerprint density at radius 3 is 2.37 bits per heavy atom. The molecule has 0 amide bonds. The van der Waals surface area contributed by atoms with E-state index in [0.29, 0.717) is 10.4 Å². The Morgan fingerprint density at radius 1 is 1.37 bits per heavy atom. The molecule has 1 unspecified atom stereocenters. The zero-order valence-corrected chi connectivity index (χ0v) is 12.3. The van der Waals surface area contributed by atoms with Gasteiger partial charge in [-0.25, -0.2) is 17.2 Å². The minimum absolute atomic E-state index is 0.233. The van der Waals surface area contributed by atoms with Crippen molar-refractivity contribution in [3.05, 3.63) is 28.2 Å². The summed E-state index contributed by atoms with van der Waals surface area (Å²) in [6.07, 6.45) is 0. The van der Waals surface area contributed by atoms with Gasteiger partial charge in [0.05, 0.1) is 4.47 Å². The number of benzene rings is 1. The van der Waals surface area contributed by atoms with E-state index in [1.165, 1.54) is 0 Å². The van der Waals surface area contributed by atoms with E-state index in [1.54, 1.807) is 0 Å². The second-order valence-electron chi connectivity index (χ2n) is 3.73. The molecule has 0 radical (unpaired) electrons. The molecule has 0 saturated carbocycles. The molecule has 1 atom stereocenters. The van der Waals surface area contributed by atoms with E-state index in [1.807, 2.05) is 0 Å². The van der Waals surface area contributed by atoms with Gasteiger partial charge in [0.25, 0.3) is 0 Å². The van der Waals surface area contributed by atoms with E-state index < -0.39 is 38.6 Å². The Balaban J connectivity index is 3.36. The zero-order valence-electron chi connectivity index (χ0n) is 9.89. The number of rotatable bonds is 4. The average molecular weight is 358 g/mol. The molecule has 1 N–H and O–H groups in total. The lowest BCUT2D eigenvalue weighted by Gasteiger charge is -2.21. The van der Waals surface area contributed by atoms with Crippen LogP contribution in [0.3, 0.4) is 0 Å². The Morgan fingerprint density at radius 2 is 1.89 bits per heavy atom. The predicted molar refractivity (Wildman–Crippen MR) is 66.1 cm³/mol. The number of carboxylic acids is 1. The summed E-state index contributed by atoms with van der Waals surface area (Å²) >= 11 is 2.75. The third-order valence-electron chi connectivity index (χ3n) is 2.53. The molecule has 19 heavy (non-hydrogen) atoms. The monoisotopic (exact) mass is 357 g/mol. The number of hydrogen-bond donors (Lipinski definition) is 1. The molecule has 1 rings (SSSR count). The second-order valence-corrected chi connectivity index (χ2v) is 6.55. The first-order valence-corrected chi connectivity index (χ1v) is 7.17. The van der Waals surface area contributed by atoms with Crippen molar-refractivity contribution in [2.75, 3.05) is 7.05 Å². The Labute approximate surface area is 117 Å². The number of sulfonamides is 1. The molecule has 0 aromatic heterocycles. The van der Waals surface area contributed by atoms with Gasteiger partial charge in [-0.1, -0.05) is 0 Å². The number of carboxylic acid groups (broad SMARTS) is 1. The van der Waals surface area contributed by atoms with Gasteiger partial charge in [-0.2, -0.15) is 4.31 Å². The van der Waals surface area contributed by atoms with Crippen molar-refractivity contribution in [1.82, 2.24) is 4.31 Å². The van der Waals surface area contributed by atoms with E-state index in [2.05, 4.69) is 15.9 Å². The molecule has 0 heterocycles. The highest BCUT2D eigenvalue weighted by molar-refractivity contribution is 9.10. The summed E-state index contributed by atoms with van der Waals surface area (Å²) < 4.78 is 50.9. The lowest BCUT2D eigenvalue weighted by molar-refractivity contribution is -0.140. The first-order chi connectivity index (χ1) is 8.59. The molecule has 106 valence electrons. The smallest absolute Gasteiger partial charge is 0.321 e. The molecule has 5 nitrogen and oxygen atoms in total. The van der Waals surface area contributed by atoms with Crippen LogP contribution in [-0.2, 0) is 14.8 Å². The van der Waals surface area contributed by atoms with E-state index in [9.17, 15) is 22.0 Å². The highest BCUT2D eigenvalue weighted by atomic mass is 79.9. The van der Waals surface area contributed by atoms with Gasteiger partial charge in [0.1, 0.15) is 22.6 Å². The van der Waals surface area contributed by atoms with Gasteiger partial charge in [0.2, 0.25) is 10.0 Å². The molecule has 0 aliphatic heterocycles. The van der Waals surface area contributed by atoms with Crippen LogP contribution in [0.5, 0.6) is 0 Å². The van der Waals surface area contributed by atoms with E-state index in [-0.39, 0.29) is 4.47 Å². The second kappa shape index (κ2) is 5.51. The van der Waals surface area contributed by atoms with Crippen LogP contribution < -0.4 is 0 Å². The van der Waals surface area contributed by atoms with Gasteiger partial charge in [0.15, 0.2) is 0 Å². The van der Waals surface area contributed by atoms with Gasteiger partial charge in [-0.15, -0.1) is 0 Å². The van der Waals surface area contributed by atoms with E-state index in [0.717, 1.165) is 20.0 Å². The summed E-state index contributed by atoms with van der Waals surface area (Å²) in [4.78, 5) is 9.96. The summed E-state index contributed by atoms with van der Waals surface area (Å²) in [5.74, 6) is -3.62. The van der Waals surface area contributed by atoms with Crippen molar-refractivity contribution < 1.29 is 27.1 Å². The lowest BCUT2D eigenvalue weighted by atomic mass is 10.3. The van der Waals surface area contributed by atoms with E-state index >= 15 is 0 Å². The lowest BCUT2D eigenvalue weighted by Crippen LogP contribution is -2.40. The van der Waals surface area contributed by atoms with Crippen LogP contribution in [0.1, 0.15) is 6.92 Å². The fourth-order valence-corrected chi connectivity index (χ4v) is 3.10. The largest absolute Gasteiger partial charge is 0.480 e. The predicted octanol–water partition coefficient (Wildman–Crippen LogP) is 1.82. The highest BCUT2D eigenvalue weighted by Crippen LogP contribution is 2.26. The van der Waals surface area contributed by atoms with Crippen molar-refractivity contribution in [2.45, 2.75) is 17.9 Å². The molecular weight excluding hydrogens is 348 g/mol. The maximum Gasteiger partial charge on any atom is 0.321 e. The molecule has 0 fully saturated rings. The quantitative estimate of drug-likeness (QED) is 0.834. The van der Waals surface area contributed by atoms with Gasteiger partial charge in [-0.3, -0.25) is 4.79 Å². The minimum Gasteiger partial charge on any atom is -0.480 e. The van der Waals surface area contributed by atoms with Crippen molar-refractivity contribution in [2.24, 2.45) is 0 Å².